The number of methoxy groups -OCH3 is 1. The van der Waals surface area contributed by atoms with Crippen molar-refractivity contribution < 1.29 is 9.47 Å². The zero-order valence-electron chi connectivity index (χ0n) is 11.7. The molecule has 3 nitrogen and oxygen atoms in total. The van der Waals surface area contributed by atoms with Crippen LogP contribution in [0, 0.1) is 11.8 Å². The van der Waals surface area contributed by atoms with Gasteiger partial charge in [-0.05, 0) is 24.7 Å². The van der Waals surface area contributed by atoms with E-state index in [-0.39, 0.29) is 0 Å². The van der Waals surface area contributed by atoms with Crippen LogP contribution in [0.3, 0.4) is 0 Å². The van der Waals surface area contributed by atoms with Gasteiger partial charge in [0.1, 0.15) is 0 Å². The highest BCUT2D eigenvalue weighted by atomic mass is 16.5. The van der Waals surface area contributed by atoms with E-state index in [1.807, 2.05) is 0 Å². The van der Waals surface area contributed by atoms with Crippen LogP contribution in [0.5, 0.6) is 0 Å². The van der Waals surface area contributed by atoms with Gasteiger partial charge in [-0.1, -0.05) is 26.7 Å². The van der Waals surface area contributed by atoms with E-state index in [4.69, 9.17) is 9.47 Å². The molecule has 1 aliphatic rings. The van der Waals surface area contributed by atoms with Crippen LogP contribution in [0.25, 0.3) is 0 Å². The van der Waals surface area contributed by atoms with Crippen LogP contribution in [-0.2, 0) is 9.47 Å². The molecule has 2 unspecified atom stereocenters. The highest BCUT2D eigenvalue weighted by molar-refractivity contribution is 4.82. The van der Waals surface area contributed by atoms with Gasteiger partial charge < -0.3 is 14.8 Å². The second-order valence-electron chi connectivity index (χ2n) is 5.36. The summed E-state index contributed by atoms with van der Waals surface area (Å²) in [6, 6.07) is 0.703. The van der Waals surface area contributed by atoms with Crippen LogP contribution < -0.4 is 5.32 Å². The van der Waals surface area contributed by atoms with E-state index in [1.165, 1.54) is 25.7 Å². The van der Waals surface area contributed by atoms with Crippen molar-refractivity contribution in [3.8, 4) is 0 Å². The summed E-state index contributed by atoms with van der Waals surface area (Å²) in [6.45, 7) is 7.86. The molecular weight excluding hydrogens is 214 g/mol. The average Bonchev–Trinajstić information content (AvgIpc) is 2.34. The molecule has 3 heteroatoms. The van der Waals surface area contributed by atoms with Gasteiger partial charge in [0, 0.05) is 19.7 Å². The summed E-state index contributed by atoms with van der Waals surface area (Å²) in [5.41, 5.74) is 0. The molecule has 0 aromatic heterocycles. The second-order valence-corrected chi connectivity index (χ2v) is 5.36. The molecule has 1 rings (SSSR count). The fraction of sp³-hybridized carbons (Fsp3) is 1.00. The Morgan fingerprint density at radius 2 is 1.88 bits per heavy atom. The SMILES string of the molecule is COCCOCCNC1CCCCC1C(C)C. The van der Waals surface area contributed by atoms with E-state index in [0.29, 0.717) is 19.3 Å². The van der Waals surface area contributed by atoms with Crippen LogP contribution in [0.2, 0.25) is 0 Å². The predicted octanol–water partition coefficient (Wildman–Crippen LogP) is 2.45. The molecule has 17 heavy (non-hydrogen) atoms. The van der Waals surface area contributed by atoms with Crippen LogP contribution in [0.4, 0.5) is 0 Å². The van der Waals surface area contributed by atoms with Crippen molar-refractivity contribution in [2.24, 2.45) is 11.8 Å². The fourth-order valence-corrected chi connectivity index (χ4v) is 2.77. The quantitative estimate of drug-likeness (QED) is 0.664. The number of rotatable bonds is 8. The maximum Gasteiger partial charge on any atom is 0.0700 e. The summed E-state index contributed by atoms with van der Waals surface area (Å²) in [5.74, 6) is 1.64. The second kappa shape index (κ2) is 8.90. The highest BCUT2D eigenvalue weighted by Crippen LogP contribution is 2.29. The third kappa shape index (κ3) is 5.84. The molecule has 2 atom stereocenters. The summed E-state index contributed by atoms with van der Waals surface area (Å²) >= 11 is 0. The molecule has 1 saturated carbocycles. The number of nitrogens with one attached hydrogen (secondary N) is 1. The predicted molar refractivity (Wildman–Crippen MR) is 71.3 cm³/mol. The van der Waals surface area contributed by atoms with Gasteiger partial charge in [0.05, 0.1) is 19.8 Å². The van der Waals surface area contributed by atoms with Gasteiger partial charge in [0.2, 0.25) is 0 Å². The van der Waals surface area contributed by atoms with Gasteiger partial charge in [-0.3, -0.25) is 0 Å². The molecule has 0 saturated heterocycles. The van der Waals surface area contributed by atoms with Gasteiger partial charge in [-0.2, -0.15) is 0 Å². The van der Waals surface area contributed by atoms with Crippen molar-refractivity contribution >= 4 is 0 Å². The number of ether oxygens (including phenoxy) is 2. The lowest BCUT2D eigenvalue weighted by molar-refractivity contribution is 0.0684. The minimum atomic E-state index is 0.693. The summed E-state index contributed by atoms with van der Waals surface area (Å²) in [5, 5.41) is 3.66. The molecule has 1 aliphatic carbocycles. The Balaban J connectivity index is 2.11. The van der Waals surface area contributed by atoms with Crippen molar-refractivity contribution in [2.45, 2.75) is 45.6 Å². The Labute approximate surface area is 106 Å². The van der Waals surface area contributed by atoms with Gasteiger partial charge >= 0.3 is 0 Å². The molecular formula is C14H29NO2. The Kier molecular flexibility index (Phi) is 7.82. The van der Waals surface area contributed by atoms with E-state index < -0.39 is 0 Å². The van der Waals surface area contributed by atoms with Crippen molar-refractivity contribution in [1.29, 1.82) is 0 Å². The van der Waals surface area contributed by atoms with Crippen LogP contribution in [0.1, 0.15) is 39.5 Å². The molecule has 0 amide bonds. The van der Waals surface area contributed by atoms with E-state index >= 15 is 0 Å². The lowest BCUT2D eigenvalue weighted by atomic mass is 9.78. The fourth-order valence-electron chi connectivity index (χ4n) is 2.77. The monoisotopic (exact) mass is 243 g/mol. The molecule has 0 aromatic rings. The summed E-state index contributed by atoms with van der Waals surface area (Å²) in [6.07, 6.45) is 5.51. The molecule has 0 bridgehead atoms. The van der Waals surface area contributed by atoms with Crippen molar-refractivity contribution in [2.75, 3.05) is 33.5 Å². The Morgan fingerprint density at radius 3 is 2.59 bits per heavy atom. The van der Waals surface area contributed by atoms with Crippen LogP contribution in [-0.4, -0.2) is 39.5 Å². The Bertz CT molecular complexity index is 185. The first-order valence-electron chi connectivity index (χ1n) is 7.05. The summed E-state index contributed by atoms with van der Waals surface area (Å²) in [7, 11) is 1.71. The third-order valence-corrected chi connectivity index (χ3v) is 3.76. The lowest BCUT2D eigenvalue weighted by Gasteiger charge is -2.35. The maximum atomic E-state index is 5.47. The molecule has 0 spiro atoms. The van der Waals surface area contributed by atoms with Gasteiger partial charge in [0.25, 0.3) is 0 Å². The van der Waals surface area contributed by atoms with Gasteiger partial charge in [-0.25, -0.2) is 0 Å². The van der Waals surface area contributed by atoms with Crippen LogP contribution >= 0.6 is 0 Å². The van der Waals surface area contributed by atoms with E-state index in [1.54, 1.807) is 7.11 Å². The van der Waals surface area contributed by atoms with Crippen molar-refractivity contribution in [3.63, 3.8) is 0 Å². The standard InChI is InChI=1S/C14H29NO2/c1-12(2)13-6-4-5-7-14(13)15-8-9-17-11-10-16-3/h12-15H,4-11H2,1-3H3. The first-order valence-corrected chi connectivity index (χ1v) is 7.05. The first kappa shape index (κ1) is 14.9. The first-order chi connectivity index (χ1) is 8.25. The zero-order valence-corrected chi connectivity index (χ0v) is 11.7. The summed E-state index contributed by atoms with van der Waals surface area (Å²) < 4.78 is 10.4. The lowest BCUT2D eigenvalue weighted by Crippen LogP contribution is -2.42. The van der Waals surface area contributed by atoms with Gasteiger partial charge in [-0.15, -0.1) is 0 Å². The van der Waals surface area contributed by atoms with Gasteiger partial charge in [0.15, 0.2) is 0 Å². The Hall–Kier alpha value is -0.120. The van der Waals surface area contributed by atoms with E-state index in [2.05, 4.69) is 19.2 Å². The molecule has 0 radical (unpaired) electrons. The maximum absolute atomic E-state index is 5.47. The average molecular weight is 243 g/mol. The minimum absolute atomic E-state index is 0.693. The molecule has 0 aliphatic heterocycles. The molecule has 102 valence electrons. The Morgan fingerprint density at radius 1 is 1.12 bits per heavy atom. The topological polar surface area (TPSA) is 30.5 Å². The zero-order chi connectivity index (χ0) is 12.5. The molecule has 0 aromatic carbocycles. The molecule has 0 heterocycles. The molecule has 1 fully saturated rings. The smallest absolute Gasteiger partial charge is 0.0700 e. The normalized spacial score (nSPS) is 25.4. The number of hydrogen-bond donors (Lipinski definition) is 1. The third-order valence-electron chi connectivity index (χ3n) is 3.76. The van der Waals surface area contributed by atoms with E-state index in [9.17, 15) is 0 Å². The van der Waals surface area contributed by atoms with E-state index in [0.717, 1.165) is 25.0 Å². The highest BCUT2D eigenvalue weighted by Gasteiger charge is 2.26. The van der Waals surface area contributed by atoms with Crippen molar-refractivity contribution in [3.05, 3.63) is 0 Å². The minimum Gasteiger partial charge on any atom is -0.382 e. The summed E-state index contributed by atoms with van der Waals surface area (Å²) in [4.78, 5) is 0. The number of hydrogen-bond acceptors (Lipinski definition) is 3. The van der Waals surface area contributed by atoms with Crippen LogP contribution in [0.15, 0.2) is 0 Å². The largest absolute Gasteiger partial charge is 0.382 e. The van der Waals surface area contributed by atoms with Crippen molar-refractivity contribution in [1.82, 2.24) is 5.32 Å². The molecule has 1 N–H and O–H groups in total.